The number of aromatic nitrogens is 3. The third kappa shape index (κ3) is 3.64. The molecule has 1 aromatic heterocycles. The Bertz CT molecular complexity index is 1050. The molecule has 6 nitrogen and oxygen atoms in total. The van der Waals surface area contributed by atoms with Crippen LogP contribution in [0, 0.1) is 0 Å². The van der Waals surface area contributed by atoms with Crippen molar-refractivity contribution in [1.29, 1.82) is 0 Å². The summed E-state index contributed by atoms with van der Waals surface area (Å²) in [5.74, 6) is 0.666. The molecule has 1 heterocycles. The van der Waals surface area contributed by atoms with Gasteiger partial charge in [0, 0.05) is 6.07 Å². The van der Waals surface area contributed by atoms with Crippen LogP contribution in [-0.4, -0.2) is 27.6 Å². The van der Waals surface area contributed by atoms with E-state index in [1.54, 1.807) is 47.3 Å². The van der Waals surface area contributed by atoms with Gasteiger partial charge in [0.2, 0.25) is 0 Å². The number of hydrogen-bond acceptors (Lipinski definition) is 5. The van der Waals surface area contributed by atoms with Crippen LogP contribution in [0.15, 0.2) is 72.8 Å². The molecule has 0 saturated carbocycles. The van der Waals surface area contributed by atoms with Crippen LogP contribution in [0.1, 0.15) is 17.3 Å². The summed E-state index contributed by atoms with van der Waals surface area (Å²) in [5, 5.41) is 8.86. The van der Waals surface area contributed by atoms with E-state index in [2.05, 4.69) is 10.2 Å². The fourth-order valence-corrected chi connectivity index (χ4v) is 2.67. The Kier molecular flexibility index (Phi) is 4.53. The standard InChI is InChI=1S/C21H17N3O3/c1-2-26-17-6-5-7-18(14-17)27-21(25)15-10-12-16(13-11-15)24-22-19-8-3-4-9-20(19)23-24/h3-14H,2H2,1H3. The molecule has 0 aliphatic rings. The van der Waals surface area contributed by atoms with Gasteiger partial charge >= 0.3 is 5.97 Å². The Labute approximate surface area is 156 Å². The number of ether oxygens (including phenoxy) is 2. The second-order valence-electron chi connectivity index (χ2n) is 5.82. The molecule has 0 spiro atoms. The molecule has 4 rings (SSSR count). The quantitative estimate of drug-likeness (QED) is 0.397. The Balaban J connectivity index is 1.51. The van der Waals surface area contributed by atoms with E-state index in [1.807, 2.05) is 37.3 Å². The summed E-state index contributed by atoms with van der Waals surface area (Å²) in [6.45, 7) is 2.45. The highest BCUT2D eigenvalue weighted by atomic mass is 16.5. The molecule has 0 radical (unpaired) electrons. The van der Waals surface area contributed by atoms with Crippen LogP contribution in [-0.2, 0) is 0 Å². The average Bonchev–Trinajstić information content (AvgIpc) is 3.13. The van der Waals surface area contributed by atoms with Crippen LogP contribution in [0.3, 0.4) is 0 Å². The van der Waals surface area contributed by atoms with E-state index < -0.39 is 5.97 Å². The summed E-state index contributed by atoms with van der Waals surface area (Å²) in [4.78, 5) is 13.9. The van der Waals surface area contributed by atoms with E-state index >= 15 is 0 Å². The smallest absolute Gasteiger partial charge is 0.343 e. The topological polar surface area (TPSA) is 66.2 Å². The van der Waals surface area contributed by atoms with E-state index in [4.69, 9.17) is 9.47 Å². The molecule has 0 aliphatic carbocycles. The van der Waals surface area contributed by atoms with E-state index in [-0.39, 0.29) is 0 Å². The fraction of sp³-hybridized carbons (Fsp3) is 0.0952. The largest absolute Gasteiger partial charge is 0.494 e. The molecule has 0 N–H and O–H groups in total. The van der Waals surface area contributed by atoms with Crippen LogP contribution < -0.4 is 9.47 Å². The first-order valence-corrected chi connectivity index (χ1v) is 8.60. The lowest BCUT2D eigenvalue weighted by molar-refractivity contribution is 0.0734. The minimum atomic E-state index is -0.436. The van der Waals surface area contributed by atoms with Gasteiger partial charge in [-0.05, 0) is 55.5 Å². The highest BCUT2D eigenvalue weighted by Gasteiger charge is 2.10. The summed E-state index contributed by atoms with van der Waals surface area (Å²) in [6, 6.07) is 21.6. The third-order valence-corrected chi connectivity index (χ3v) is 3.95. The molecule has 0 saturated heterocycles. The Morgan fingerprint density at radius 1 is 0.889 bits per heavy atom. The van der Waals surface area contributed by atoms with Crippen LogP contribution in [0.25, 0.3) is 16.7 Å². The van der Waals surface area contributed by atoms with E-state index in [0.717, 1.165) is 16.7 Å². The first-order valence-electron chi connectivity index (χ1n) is 8.60. The lowest BCUT2D eigenvalue weighted by Gasteiger charge is -2.07. The summed E-state index contributed by atoms with van der Waals surface area (Å²) < 4.78 is 10.8. The maximum Gasteiger partial charge on any atom is 0.343 e. The Morgan fingerprint density at radius 2 is 1.56 bits per heavy atom. The fourth-order valence-electron chi connectivity index (χ4n) is 2.67. The number of rotatable bonds is 5. The predicted octanol–water partition coefficient (Wildman–Crippen LogP) is 4.04. The van der Waals surface area contributed by atoms with Crippen molar-refractivity contribution in [2.24, 2.45) is 0 Å². The summed E-state index contributed by atoms with van der Waals surface area (Å²) in [7, 11) is 0. The molecular weight excluding hydrogens is 342 g/mol. The average molecular weight is 359 g/mol. The van der Waals surface area contributed by atoms with Crippen molar-refractivity contribution in [2.45, 2.75) is 6.92 Å². The number of fused-ring (bicyclic) bond motifs is 1. The van der Waals surface area contributed by atoms with Crippen molar-refractivity contribution >= 4 is 17.0 Å². The first-order chi connectivity index (χ1) is 13.2. The summed E-state index contributed by atoms with van der Waals surface area (Å²) in [6.07, 6.45) is 0. The molecule has 27 heavy (non-hydrogen) atoms. The molecule has 4 aromatic rings. The maximum atomic E-state index is 12.4. The molecular formula is C21H17N3O3. The normalized spacial score (nSPS) is 10.7. The van der Waals surface area contributed by atoms with Gasteiger partial charge in [0.05, 0.1) is 17.9 Å². The molecule has 3 aromatic carbocycles. The molecule has 0 aliphatic heterocycles. The van der Waals surface area contributed by atoms with Crippen LogP contribution in [0.2, 0.25) is 0 Å². The monoisotopic (exact) mass is 359 g/mol. The van der Waals surface area contributed by atoms with Gasteiger partial charge in [0.25, 0.3) is 0 Å². The second kappa shape index (κ2) is 7.29. The third-order valence-electron chi connectivity index (χ3n) is 3.95. The van der Waals surface area contributed by atoms with Gasteiger partial charge in [-0.3, -0.25) is 0 Å². The second-order valence-corrected chi connectivity index (χ2v) is 5.82. The van der Waals surface area contributed by atoms with Gasteiger partial charge in [-0.1, -0.05) is 18.2 Å². The van der Waals surface area contributed by atoms with Crippen molar-refractivity contribution in [3.05, 3.63) is 78.4 Å². The molecule has 0 fully saturated rings. The Hall–Kier alpha value is -3.67. The van der Waals surface area contributed by atoms with Crippen LogP contribution in [0.4, 0.5) is 0 Å². The highest BCUT2D eigenvalue weighted by molar-refractivity contribution is 5.91. The van der Waals surface area contributed by atoms with Crippen LogP contribution >= 0.6 is 0 Å². The maximum absolute atomic E-state index is 12.4. The van der Waals surface area contributed by atoms with Gasteiger partial charge in [-0.25, -0.2) is 4.79 Å². The number of nitrogens with zero attached hydrogens (tertiary/aromatic N) is 3. The van der Waals surface area contributed by atoms with Crippen molar-refractivity contribution in [3.63, 3.8) is 0 Å². The number of esters is 1. The number of hydrogen-bond donors (Lipinski definition) is 0. The van der Waals surface area contributed by atoms with Crippen molar-refractivity contribution < 1.29 is 14.3 Å². The highest BCUT2D eigenvalue weighted by Crippen LogP contribution is 2.21. The Morgan fingerprint density at radius 3 is 2.22 bits per heavy atom. The summed E-state index contributed by atoms with van der Waals surface area (Å²) >= 11 is 0. The van der Waals surface area contributed by atoms with E-state index in [0.29, 0.717) is 23.7 Å². The summed E-state index contributed by atoms with van der Waals surface area (Å²) in [5.41, 5.74) is 2.84. The van der Waals surface area contributed by atoms with Gasteiger partial charge in [0.1, 0.15) is 22.5 Å². The lowest BCUT2D eigenvalue weighted by Crippen LogP contribution is -2.09. The zero-order chi connectivity index (χ0) is 18.6. The molecule has 0 atom stereocenters. The minimum absolute atomic E-state index is 0.436. The zero-order valence-corrected chi connectivity index (χ0v) is 14.7. The van der Waals surface area contributed by atoms with Crippen LogP contribution in [0.5, 0.6) is 11.5 Å². The zero-order valence-electron chi connectivity index (χ0n) is 14.7. The number of carbonyl (C=O) groups is 1. The van der Waals surface area contributed by atoms with E-state index in [1.165, 1.54) is 0 Å². The van der Waals surface area contributed by atoms with Crippen molar-refractivity contribution in [3.8, 4) is 17.2 Å². The molecule has 6 heteroatoms. The molecule has 0 unspecified atom stereocenters. The molecule has 134 valence electrons. The van der Waals surface area contributed by atoms with Gasteiger partial charge in [-0.2, -0.15) is 4.80 Å². The minimum Gasteiger partial charge on any atom is -0.494 e. The van der Waals surface area contributed by atoms with Gasteiger partial charge < -0.3 is 9.47 Å². The van der Waals surface area contributed by atoms with Crippen molar-refractivity contribution in [1.82, 2.24) is 15.0 Å². The molecule has 0 amide bonds. The first kappa shape index (κ1) is 16.8. The van der Waals surface area contributed by atoms with Gasteiger partial charge in [-0.15, -0.1) is 10.2 Å². The predicted molar refractivity (Wildman–Crippen MR) is 101 cm³/mol. The SMILES string of the molecule is CCOc1cccc(OC(=O)c2ccc(-n3nc4ccccc4n3)cc2)c1. The number of carbonyl (C=O) groups excluding carboxylic acids is 1. The van der Waals surface area contributed by atoms with Crippen molar-refractivity contribution in [2.75, 3.05) is 6.61 Å². The molecule has 0 bridgehead atoms. The van der Waals surface area contributed by atoms with Gasteiger partial charge in [0.15, 0.2) is 0 Å². The lowest BCUT2D eigenvalue weighted by atomic mass is 10.2. The van der Waals surface area contributed by atoms with E-state index in [9.17, 15) is 4.79 Å². The number of benzene rings is 3.